The molecule has 0 aliphatic carbocycles. The lowest BCUT2D eigenvalue weighted by Gasteiger charge is -2.24. The van der Waals surface area contributed by atoms with Gasteiger partial charge in [0.2, 0.25) is 5.78 Å². The van der Waals surface area contributed by atoms with Crippen LogP contribution in [0.4, 0.5) is 0 Å². The van der Waals surface area contributed by atoms with Crippen LogP contribution in [-0.2, 0) is 23.9 Å². The van der Waals surface area contributed by atoms with E-state index < -0.39 is 49.2 Å². The summed E-state index contributed by atoms with van der Waals surface area (Å²) in [6.07, 6.45) is 26.0. The molecule has 0 saturated heterocycles. The molecule has 8 heteroatoms. The summed E-state index contributed by atoms with van der Waals surface area (Å²) < 4.78 is 10.3. The molecule has 0 radical (unpaired) electrons. The summed E-state index contributed by atoms with van der Waals surface area (Å²) in [4.78, 5) is 37.3. The maximum atomic E-state index is 12.7. The van der Waals surface area contributed by atoms with Crippen LogP contribution >= 0.6 is 0 Å². The molecular formula is C38H72O8. The molecule has 0 fully saturated rings. The molecule has 0 rings (SSSR count). The van der Waals surface area contributed by atoms with Gasteiger partial charge in [0.05, 0.1) is 6.61 Å². The number of aliphatic hydroxyl groups is 3. The number of unbranched alkanes of at least 4 members (excludes halogenated alkanes) is 24. The minimum Gasteiger partial charge on any atom is -0.457 e. The highest BCUT2D eigenvalue weighted by atomic mass is 16.6. The number of hydrogen-bond donors (Lipinski definition) is 3. The first-order chi connectivity index (χ1) is 22.4. The molecule has 3 atom stereocenters. The Kier molecular flexibility index (Phi) is 32.3. The van der Waals surface area contributed by atoms with Crippen molar-refractivity contribution in [3.05, 3.63) is 0 Å². The molecule has 0 amide bonds. The van der Waals surface area contributed by atoms with E-state index in [1.54, 1.807) is 0 Å². The molecule has 272 valence electrons. The van der Waals surface area contributed by atoms with Gasteiger partial charge < -0.3 is 24.8 Å². The van der Waals surface area contributed by atoms with Crippen LogP contribution in [0.3, 0.4) is 0 Å². The Labute approximate surface area is 281 Å². The van der Waals surface area contributed by atoms with Gasteiger partial charge in [-0.2, -0.15) is 0 Å². The minimum absolute atomic E-state index is 0.0856. The Bertz CT molecular complexity index is 713. The fraction of sp³-hybridized carbons (Fsp3) is 0.921. The summed E-state index contributed by atoms with van der Waals surface area (Å²) in [6.45, 7) is 3.00. The van der Waals surface area contributed by atoms with Crippen molar-refractivity contribution >= 4 is 17.7 Å². The number of carbonyl (C=O) groups excluding carboxylic acids is 3. The largest absolute Gasteiger partial charge is 0.457 e. The van der Waals surface area contributed by atoms with E-state index >= 15 is 0 Å². The van der Waals surface area contributed by atoms with Crippen LogP contribution in [0, 0.1) is 0 Å². The third kappa shape index (κ3) is 27.6. The molecule has 3 N–H and O–H groups in total. The molecule has 0 saturated carbocycles. The fourth-order valence-electron chi connectivity index (χ4n) is 5.72. The zero-order valence-corrected chi connectivity index (χ0v) is 29.8. The van der Waals surface area contributed by atoms with E-state index in [2.05, 4.69) is 13.8 Å². The molecule has 0 spiro atoms. The Balaban J connectivity index is 4.11. The molecule has 8 nitrogen and oxygen atoms in total. The number of ketones is 1. The van der Waals surface area contributed by atoms with Crippen LogP contribution in [0.25, 0.3) is 0 Å². The highest BCUT2D eigenvalue weighted by molar-refractivity contribution is 5.88. The molecule has 0 bridgehead atoms. The molecule has 0 heterocycles. The van der Waals surface area contributed by atoms with E-state index in [1.165, 1.54) is 116 Å². The highest BCUT2D eigenvalue weighted by Crippen LogP contribution is 2.16. The lowest BCUT2D eigenvalue weighted by molar-refractivity contribution is -0.171. The van der Waals surface area contributed by atoms with E-state index in [0.717, 1.165) is 38.5 Å². The quantitative estimate of drug-likeness (QED) is 0.0456. The van der Waals surface area contributed by atoms with Crippen molar-refractivity contribution in [2.45, 2.75) is 212 Å². The van der Waals surface area contributed by atoms with Gasteiger partial charge in [0.1, 0.15) is 12.2 Å². The number of carbonyl (C=O) groups is 3. The smallest absolute Gasteiger partial charge is 0.306 e. The molecule has 0 aromatic carbocycles. The lowest BCUT2D eigenvalue weighted by atomic mass is 10.0. The second-order valence-corrected chi connectivity index (χ2v) is 13.3. The zero-order valence-electron chi connectivity index (χ0n) is 29.8. The monoisotopic (exact) mass is 657 g/mol. The molecular weight excluding hydrogens is 584 g/mol. The predicted molar refractivity (Wildman–Crippen MR) is 186 cm³/mol. The van der Waals surface area contributed by atoms with Crippen LogP contribution in [0.15, 0.2) is 0 Å². The third-order valence-corrected chi connectivity index (χ3v) is 8.81. The Morgan fingerprint density at radius 3 is 1.17 bits per heavy atom. The first-order valence-corrected chi connectivity index (χ1v) is 19.2. The summed E-state index contributed by atoms with van der Waals surface area (Å²) in [5.41, 5.74) is 0. The van der Waals surface area contributed by atoms with E-state index in [0.29, 0.717) is 12.8 Å². The number of Topliss-reactive ketones (excluding diaryl/α,β-unsaturated/α-hetero) is 1. The van der Waals surface area contributed by atoms with Crippen LogP contribution < -0.4 is 0 Å². The summed E-state index contributed by atoms with van der Waals surface area (Å²) >= 11 is 0. The van der Waals surface area contributed by atoms with Crippen molar-refractivity contribution < 1.29 is 39.2 Å². The molecule has 0 aliphatic heterocycles. The molecule has 0 aromatic heterocycles. The van der Waals surface area contributed by atoms with Crippen LogP contribution in [0.1, 0.15) is 194 Å². The van der Waals surface area contributed by atoms with Gasteiger partial charge in [-0.15, -0.1) is 0 Å². The lowest BCUT2D eigenvalue weighted by Crippen LogP contribution is -2.47. The standard InChI is InChI=1S/C38H72O8/c1-3-5-7-9-11-13-15-17-19-21-23-25-27-29-35(42)45-32-34(41)38(37(44)33(40)31-39)46-36(43)30-28-26-24-22-20-18-16-14-12-10-8-6-4-2/h33,37-40,44H,3-32H2,1-2H3/t33-,37-,38-/m1/s1. The molecule has 46 heavy (non-hydrogen) atoms. The van der Waals surface area contributed by atoms with Gasteiger partial charge in [0, 0.05) is 12.8 Å². The topological polar surface area (TPSA) is 130 Å². The van der Waals surface area contributed by atoms with Crippen molar-refractivity contribution in [1.29, 1.82) is 0 Å². The Morgan fingerprint density at radius 1 is 0.500 bits per heavy atom. The summed E-state index contributed by atoms with van der Waals surface area (Å²) in [7, 11) is 0. The summed E-state index contributed by atoms with van der Waals surface area (Å²) in [5, 5.41) is 29.4. The van der Waals surface area contributed by atoms with Gasteiger partial charge in [-0.1, -0.05) is 168 Å². The minimum atomic E-state index is -1.81. The van der Waals surface area contributed by atoms with Gasteiger partial charge >= 0.3 is 11.9 Å². The van der Waals surface area contributed by atoms with E-state index in [-0.39, 0.29) is 12.8 Å². The van der Waals surface area contributed by atoms with E-state index in [1.807, 2.05) is 0 Å². The zero-order chi connectivity index (χ0) is 34.1. The van der Waals surface area contributed by atoms with Crippen molar-refractivity contribution in [1.82, 2.24) is 0 Å². The number of ether oxygens (including phenoxy) is 2. The number of esters is 2. The SMILES string of the molecule is CCCCCCCCCCCCCCCC(=O)OCC(=O)[C@@H](OC(=O)CCCCCCCCCCCCCCC)[C@H](O)[C@H](O)CO. The second-order valence-electron chi connectivity index (χ2n) is 13.3. The number of rotatable bonds is 35. The Morgan fingerprint density at radius 2 is 0.826 bits per heavy atom. The van der Waals surface area contributed by atoms with Gasteiger partial charge in [0.15, 0.2) is 12.7 Å². The summed E-state index contributed by atoms with van der Waals surface area (Å²) in [5.74, 6) is -2.01. The average Bonchev–Trinajstić information content (AvgIpc) is 3.06. The molecule has 0 aromatic rings. The van der Waals surface area contributed by atoms with Gasteiger partial charge in [-0.3, -0.25) is 14.4 Å². The molecule has 0 aliphatic rings. The van der Waals surface area contributed by atoms with Gasteiger partial charge in [-0.05, 0) is 12.8 Å². The Hall–Kier alpha value is -1.51. The van der Waals surface area contributed by atoms with Crippen LogP contribution in [0.5, 0.6) is 0 Å². The maximum Gasteiger partial charge on any atom is 0.306 e. The van der Waals surface area contributed by atoms with Gasteiger partial charge in [-0.25, -0.2) is 0 Å². The van der Waals surface area contributed by atoms with Gasteiger partial charge in [0.25, 0.3) is 0 Å². The van der Waals surface area contributed by atoms with E-state index in [9.17, 15) is 29.7 Å². The second kappa shape index (κ2) is 33.4. The summed E-state index contributed by atoms with van der Waals surface area (Å²) in [6, 6.07) is 0. The average molecular weight is 657 g/mol. The van der Waals surface area contributed by atoms with Crippen molar-refractivity contribution in [3.8, 4) is 0 Å². The maximum absolute atomic E-state index is 12.7. The highest BCUT2D eigenvalue weighted by Gasteiger charge is 2.35. The molecule has 0 unspecified atom stereocenters. The normalized spacial score (nSPS) is 13.3. The number of hydrogen-bond acceptors (Lipinski definition) is 8. The van der Waals surface area contributed by atoms with E-state index in [4.69, 9.17) is 9.47 Å². The first kappa shape index (κ1) is 44.5. The predicted octanol–water partition coefficient (Wildman–Crippen LogP) is 8.69. The van der Waals surface area contributed by atoms with Crippen LogP contribution in [-0.4, -0.2) is 64.6 Å². The third-order valence-electron chi connectivity index (χ3n) is 8.81. The van der Waals surface area contributed by atoms with Crippen LogP contribution in [0.2, 0.25) is 0 Å². The first-order valence-electron chi connectivity index (χ1n) is 19.2. The fourth-order valence-corrected chi connectivity index (χ4v) is 5.72. The van der Waals surface area contributed by atoms with Crippen molar-refractivity contribution in [3.63, 3.8) is 0 Å². The van der Waals surface area contributed by atoms with Crippen molar-refractivity contribution in [2.75, 3.05) is 13.2 Å². The van der Waals surface area contributed by atoms with Crippen molar-refractivity contribution in [2.24, 2.45) is 0 Å². The number of aliphatic hydroxyl groups excluding tert-OH is 3.